The lowest BCUT2D eigenvalue weighted by atomic mass is 10.1. The molecule has 2 rings (SSSR count). The van der Waals surface area contributed by atoms with Crippen LogP contribution in [-0.2, 0) is 4.79 Å². The van der Waals surface area contributed by atoms with Gasteiger partial charge in [-0.15, -0.1) is 0 Å². The Hall–Kier alpha value is -2.90. The summed E-state index contributed by atoms with van der Waals surface area (Å²) in [4.78, 5) is 47.5. The molecule has 122 valence electrons. The number of nitrogens with zero attached hydrogens (tertiary/aromatic N) is 1. The topological polar surface area (TPSA) is 108 Å². The van der Waals surface area contributed by atoms with Gasteiger partial charge in [-0.25, -0.2) is 4.79 Å². The van der Waals surface area contributed by atoms with Gasteiger partial charge in [-0.3, -0.25) is 19.3 Å². The Morgan fingerprint density at radius 3 is 2.00 bits per heavy atom. The Morgan fingerprint density at radius 1 is 0.913 bits per heavy atom. The average molecular weight is 318 g/mol. The first-order chi connectivity index (χ1) is 11.0. The molecule has 0 aromatic heterocycles. The second kappa shape index (κ2) is 7.39. The van der Waals surface area contributed by atoms with E-state index in [0.29, 0.717) is 24.2 Å². The SMILES string of the molecule is CC(=O)NCCNC(=O)NCCN1C(=O)c2ccccc2C1=O. The van der Waals surface area contributed by atoms with Gasteiger partial charge in [0.15, 0.2) is 0 Å². The van der Waals surface area contributed by atoms with Crippen molar-refractivity contribution >= 4 is 23.8 Å². The molecular weight excluding hydrogens is 300 g/mol. The Kier molecular flexibility index (Phi) is 5.29. The lowest BCUT2D eigenvalue weighted by molar-refractivity contribution is -0.118. The molecule has 23 heavy (non-hydrogen) atoms. The highest BCUT2D eigenvalue weighted by Gasteiger charge is 2.34. The largest absolute Gasteiger partial charge is 0.355 e. The molecule has 0 atom stereocenters. The van der Waals surface area contributed by atoms with Crippen LogP contribution >= 0.6 is 0 Å². The van der Waals surface area contributed by atoms with Crippen LogP contribution in [0.5, 0.6) is 0 Å². The van der Waals surface area contributed by atoms with Crippen molar-refractivity contribution in [3.05, 3.63) is 35.4 Å². The molecule has 8 nitrogen and oxygen atoms in total. The van der Waals surface area contributed by atoms with Gasteiger partial charge < -0.3 is 16.0 Å². The number of carbonyl (C=O) groups excluding carboxylic acids is 4. The maximum absolute atomic E-state index is 12.1. The summed E-state index contributed by atoms with van der Waals surface area (Å²) in [6.07, 6.45) is 0. The number of rotatable bonds is 6. The third kappa shape index (κ3) is 4.06. The van der Waals surface area contributed by atoms with E-state index in [4.69, 9.17) is 0 Å². The summed E-state index contributed by atoms with van der Waals surface area (Å²) in [5, 5.41) is 7.65. The molecule has 1 aliphatic rings. The van der Waals surface area contributed by atoms with E-state index in [1.165, 1.54) is 6.92 Å². The van der Waals surface area contributed by atoms with Crippen molar-refractivity contribution in [1.82, 2.24) is 20.9 Å². The van der Waals surface area contributed by atoms with Crippen molar-refractivity contribution in [2.75, 3.05) is 26.2 Å². The van der Waals surface area contributed by atoms with Gasteiger partial charge in [-0.2, -0.15) is 0 Å². The van der Waals surface area contributed by atoms with Crippen LogP contribution in [0.1, 0.15) is 27.6 Å². The van der Waals surface area contributed by atoms with Crippen molar-refractivity contribution < 1.29 is 19.2 Å². The van der Waals surface area contributed by atoms with Crippen LogP contribution in [0.4, 0.5) is 4.79 Å². The van der Waals surface area contributed by atoms with Gasteiger partial charge in [-0.1, -0.05) is 12.1 Å². The summed E-state index contributed by atoms with van der Waals surface area (Å²) in [6.45, 7) is 2.27. The van der Waals surface area contributed by atoms with Crippen molar-refractivity contribution in [2.45, 2.75) is 6.92 Å². The van der Waals surface area contributed by atoms with E-state index < -0.39 is 6.03 Å². The van der Waals surface area contributed by atoms with Crippen LogP contribution < -0.4 is 16.0 Å². The van der Waals surface area contributed by atoms with E-state index in [1.807, 2.05) is 0 Å². The van der Waals surface area contributed by atoms with E-state index in [0.717, 1.165) is 4.90 Å². The van der Waals surface area contributed by atoms with Crippen molar-refractivity contribution in [3.8, 4) is 0 Å². The molecule has 1 aromatic rings. The van der Waals surface area contributed by atoms with Gasteiger partial charge in [0.1, 0.15) is 0 Å². The zero-order valence-corrected chi connectivity index (χ0v) is 12.7. The van der Waals surface area contributed by atoms with Crippen LogP contribution in [0.25, 0.3) is 0 Å². The smallest absolute Gasteiger partial charge is 0.314 e. The Balaban J connectivity index is 1.73. The van der Waals surface area contributed by atoms with Gasteiger partial charge >= 0.3 is 6.03 Å². The number of benzene rings is 1. The minimum atomic E-state index is -0.424. The highest BCUT2D eigenvalue weighted by atomic mass is 16.2. The Labute approximate surface area is 133 Å². The molecule has 0 fully saturated rings. The quantitative estimate of drug-likeness (QED) is 0.495. The monoisotopic (exact) mass is 318 g/mol. The molecular formula is C15H18N4O4. The molecule has 0 bridgehead atoms. The number of hydrogen-bond donors (Lipinski definition) is 3. The van der Waals surface area contributed by atoms with Crippen molar-refractivity contribution in [2.24, 2.45) is 0 Å². The third-order valence-electron chi connectivity index (χ3n) is 3.28. The first-order valence-electron chi connectivity index (χ1n) is 7.22. The predicted octanol–water partition coefficient (Wildman–Crippen LogP) is -0.282. The summed E-state index contributed by atoms with van der Waals surface area (Å²) in [5.41, 5.74) is 0.773. The number of amides is 5. The van der Waals surface area contributed by atoms with Gasteiger partial charge in [0, 0.05) is 33.1 Å². The van der Waals surface area contributed by atoms with E-state index in [9.17, 15) is 19.2 Å². The second-order valence-electron chi connectivity index (χ2n) is 4.97. The van der Waals surface area contributed by atoms with Gasteiger partial charge in [-0.05, 0) is 12.1 Å². The molecule has 0 radical (unpaired) electrons. The van der Waals surface area contributed by atoms with Gasteiger partial charge in [0.25, 0.3) is 11.8 Å². The van der Waals surface area contributed by atoms with Crippen molar-refractivity contribution in [3.63, 3.8) is 0 Å². The van der Waals surface area contributed by atoms with E-state index in [1.54, 1.807) is 24.3 Å². The molecule has 8 heteroatoms. The van der Waals surface area contributed by atoms with E-state index in [-0.39, 0.29) is 30.8 Å². The number of fused-ring (bicyclic) bond motifs is 1. The summed E-state index contributed by atoms with van der Waals surface area (Å²) < 4.78 is 0. The van der Waals surface area contributed by atoms with Crippen LogP contribution in [0.3, 0.4) is 0 Å². The minimum Gasteiger partial charge on any atom is -0.355 e. The van der Waals surface area contributed by atoms with Crippen LogP contribution in [0, 0.1) is 0 Å². The molecule has 1 aliphatic heterocycles. The maximum atomic E-state index is 12.1. The number of hydrogen-bond acceptors (Lipinski definition) is 4. The minimum absolute atomic E-state index is 0.103. The molecule has 1 heterocycles. The summed E-state index contributed by atoms with van der Waals surface area (Å²) in [7, 11) is 0. The van der Waals surface area contributed by atoms with E-state index >= 15 is 0 Å². The predicted molar refractivity (Wildman–Crippen MR) is 81.9 cm³/mol. The fraction of sp³-hybridized carbons (Fsp3) is 0.333. The second-order valence-corrected chi connectivity index (χ2v) is 4.97. The molecule has 0 saturated carbocycles. The standard InChI is InChI=1S/C15H18N4O4/c1-10(20)16-6-7-17-15(23)18-8-9-19-13(21)11-4-2-3-5-12(11)14(19)22/h2-5H,6-9H2,1H3,(H,16,20)(H2,17,18,23). The first kappa shape index (κ1) is 16.5. The summed E-state index contributed by atoms with van der Waals surface area (Å²) in [6, 6.07) is 6.20. The molecule has 0 aliphatic carbocycles. The van der Waals surface area contributed by atoms with Crippen LogP contribution in [0.15, 0.2) is 24.3 Å². The van der Waals surface area contributed by atoms with Crippen molar-refractivity contribution in [1.29, 1.82) is 0 Å². The maximum Gasteiger partial charge on any atom is 0.314 e. The third-order valence-corrected chi connectivity index (χ3v) is 3.28. The highest BCUT2D eigenvalue weighted by molar-refractivity contribution is 6.21. The lowest BCUT2D eigenvalue weighted by Gasteiger charge is -2.14. The molecule has 0 spiro atoms. The molecule has 1 aromatic carbocycles. The zero-order valence-electron chi connectivity index (χ0n) is 12.7. The lowest BCUT2D eigenvalue weighted by Crippen LogP contribution is -2.43. The number of nitrogens with one attached hydrogen (secondary N) is 3. The molecule has 0 saturated heterocycles. The number of carbonyl (C=O) groups is 4. The van der Waals surface area contributed by atoms with Crippen LogP contribution in [0.2, 0.25) is 0 Å². The summed E-state index contributed by atoms with van der Waals surface area (Å²) >= 11 is 0. The fourth-order valence-corrected chi connectivity index (χ4v) is 2.20. The van der Waals surface area contributed by atoms with Gasteiger partial charge in [0.05, 0.1) is 11.1 Å². The normalized spacial score (nSPS) is 12.8. The van der Waals surface area contributed by atoms with E-state index in [2.05, 4.69) is 16.0 Å². The highest BCUT2D eigenvalue weighted by Crippen LogP contribution is 2.21. The summed E-state index contributed by atoms with van der Waals surface area (Å²) in [5.74, 6) is -0.866. The Bertz CT molecular complexity index is 609. The number of imide groups is 1. The molecule has 3 N–H and O–H groups in total. The molecule has 0 unspecified atom stereocenters. The van der Waals surface area contributed by atoms with Crippen LogP contribution in [-0.4, -0.2) is 54.8 Å². The molecule has 5 amide bonds. The van der Waals surface area contributed by atoms with Gasteiger partial charge in [0.2, 0.25) is 5.91 Å². The Morgan fingerprint density at radius 2 is 1.43 bits per heavy atom. The zero-order chi connectivity index (χ0) is 16.8. The number of urea groups is 1. The first-order valence-corrected chi connectivity index (χ1v) is 7.22. The average Bonchev–Trinajstić information content (AvgIpc) is 2.77. The fourth-order valence-electron chi connectivity index (χ4n) is 2.20.